The number of carbonyl (C=O) groups is 1. The molecule has 2 aromatic carbocycles. The third kappa shape index (κ3) is 5.19. The summed E-state index contributed by atoms with van der Waals surface area (Å²) in [5.41, 5.74) is 7.00. The molecule has 0 radical (unpaired) electrons. The van der Waals surface area contributed by atoms with Crippen LogP contribution in [-0.4, -0.2) is 24.2 Å². The Kier molecular flexibility index (Phi) is 6.58. The largest absolute Gasteiger partial charge is 0.496 e. The number of pyridine rings is 1. The number of nitrogens with zero attached hydrogens (tertiary/aromatic N) is 2. The molecule has 1 heterocycles. The van der Waals surface area contributed by atoms with Crippen molar-refractivity contribution < 1.29 is 14.3 Å². The van der Waals surface area contributed by atoms with Gasteiger partial charge in [-0.2, -0.15) is 5.10 Å². The summed E-state index contributed by atoms with van der Waals surface area (Å²) in [7, 11) is 1.62. The molecule has 0 saturated carbocycles. The molecule has 0 saturated heterocycles. The normalized spacial score (nSPS) is 10.7. The number of aryl methyl sites for hydroxylation is 1. The molecule has 0 spiro atoms. The number of hydrazone groups is 1. The van der Waals surface area contributed by atoms with Crippen molar-refractivity contribution >= 4 is 12.1 Å². The molecule has 3 aromatic rings. The van der Waals surface area contributed by atoms with Crippen molar-refractivity contribution in [1.82, 2.24) is 10.4 Å². The number of amides is 1. The third-order valence-electron chi connectivity index (χ3n) is 4.56. The van der Waals surface area contributed by atoms with Crippen LogP contribution in [0.1, 0.15) is 32.6 Å². The van der Waals surface area contributed by atoms with Gasteiger partial charge in [-0.15, -0.1) is 0 Å². The number of hydrogen-bond donors (Lipinski definition) is 1. The Labute approximate surface area is 170 Å². The first-order chi connectivity index (χ1) is 14.1. The highest BCUT2D eigenvalue weighted by Crippen LogP contribution is 2.25. The van der Waals surface area contributed by atoms with Crippen LogP contribution in [0.2, 0.25) is 0 Å². The number of nitrogens with one attached hydrogen (secondary N) is 1. The maximum Gasteiger partial charge on any atom is 0.271 e. The van der Waals surface area contributed by atoms with E-state index in [1.807, 2.05) is 37.3 Å². The quantitative estimate of drug-likeness (QED) is 0.489. The molecule has 29 heavy (non-hydrogen) atoms. The molecular formula is C23H23N3O3. The second-order valence-corrected chi connectivity index (χ2v) is 6.49. The fourth-order valence-corrected chi connectivity index (χ4v) is 2.76. The number of ether oxygens (including phenoxy) is 2. The van der Waals surface area contributed by atoms with E-state index in [0.29, 0.717) is 12.2 Å². The number of carbonyl (C=O) groups excluding carboxylic acids is 1. The molecule has 1 N–H and O–H groups in total. The predicted molar refractivity (Wildman–Crippen MR) is 113 cm³/mol. The van der Waals surface area contributed by atoms with Gasteiger partial charge in [-0.05, 0) is 66.9 Å². The van der Waals surface area contributed by atoms with Crippen molar-refractivity contribution in [3.63, 3.8) is 0 Å². The molecular weight excluding hydrogens is 366 g/mol. The second-order valence-electron chi connectivity index (χ2n) is 6.49. The van der Waals surface area contributed by atoms with Gasteiger partial charge >= 0.3 is 0 Å². The lowest BCUT2D eigenvalue weighted by Gasteiger charge is -2.13. The van der Waals surface area contributed by atoms with Crippen molar-refractivity contribution in [2.75, 3.05) is 7.11 Å². The van der Waals surface area contributed by atoms with Crippen LogP contribution in [0.4, 0.5) is 0 Å². The summed E-state index contributed by atoms with van der Waals surface area (Å²) in [5.74, 6) is 1.28. The summed E-state index contributed by atoms with van der Waals surface area (Å²) in [6, 6.07) is 14.9. The van der Waals surface area contributed by atoms with Gasteiger partial charge in [0.1, 0.15) is 18.1 Å². The van der Waals surface area contributed by atoms with Gasteiger partial charge in [0.05, 0.1) is 13.3 Å². The van der Waals surface area contributed by atoms with E-state index >= 15 is 0 Å². The summed E-state index contributed by atoms with van der Waals surface area (Å²) in [5, 5.41) is 4.03. The molecule has 0 fully saturated rings. The predicted octanol–water partition coefficient (Wildman–Crippen LogP) is 4.05. The maximum atomic E-state index is 12.0. The molecule has 148 valence electrons. The monoisotopic (exact) mass is 389 g/mol. The zero-order valence-electron chi connectivity index (χ0n) is 16.7. The van der Waals surface area contributed by atoms with E-state index in [1.54, 1.807) is 37.9 Å². The topological polar surface area (TPSA) is 72.8 Å². The van der Waals surface area contributed by atoms with E-state index < -0.39 is 0 Å². The zero-order valence-corrected chi connectivity index (χ0v) is 16.7. The van der Waals surface area contributed by atoms with Crippen LogP contribution >= 0.6 is 0 Å². The molecule has 0 aliphatic carbocycles. The van der Waals surface area contributed by atoms with Crippen molar-refractivity contribution in [2.24, 2.45) is 5.10 Å². The fourth-order valence-electron chi connectivity index (χ4n) is 2.76. The Morgan fingerprint density at radius 2 is 1.90 bits per heavy atom. The van der Waals surface area contributed by atoms with Crippen LogP contribution in [-0.2, 0) is 6.61 Å². The molecule has 6 heteroatoms. The van der Waals surface area contributed by atoms with Gasteiger partial charge in [0.25, 0.3) is 5.91 Å². The van der Waals surface area contributed by atoms with E-state index in [-0.39, 0.29) is 5.91 Å². The first kappa shape index (κ1) is 20.1. The Morgan fingerprint density at radius 3 is 2.66 bits per heavy atom. The van der Waals surface area contributed by atoms with E-state index in [9.17, 15) is 4.79 Å². The van der Waals surface area contributed by atoms with Gasteiger partial charge in [0.15, 0.2) is 0 Å². The smallest absolute Gasteiger partial charge is 0.271 e. The highest BCUT2D eigenvalue weighted by atomic mass is 16.5. The lowest BCUT2D eigenvalue weighted by atomic mass is 10.1. The molecule has 0 aliphatic rings. The highest BCUT2D eigenvalue weighted by molar-refractivity contribution is 5.94. The molecule has 0 atom stereocenters. The Morgan fingerprint density at radius 1 is 1.10 bits per heavy atom. The number of hydrogen-bond acceptors (Lipinski definition) is 5. The lowest BCUT2D eigenvalue weighted by Crippen LogP contribution is -2.17. The van der Waals surface area contributed by atoms with Gasteiger partial charge in [-0.3, -0.25) is 9.78 Å². The Hall–Kier alpha value is -3.67. The summed E-state index contributed by atoms with van der Waals surface area (Å²) >= 11 is 0. The van der Waals surface area contributed by atoms with E-state index in [0.717, 1.165) is 28.2 Å². The average molecular weight is 389 g/mol. The minimum absolute atomic E-state index is 0.296. The van der Waals surface area contributed by atoms with Crippen LogP contribution in [0.15, 0.2) is 66.0 Å². The van der Waals surface area contributed by atoms with Crippen LogP contribution in [0.25, 0.3) is 0 Å². The minimum Gasteiger partial charge on any atom is -0.496 e. The van der Waals surface area contributed by atoms with Crippen LogP contribution in [0.5, 0.6) is 11.5 Å². The van der Waals surface area contributed by atoms with Crippen LogP contribution < -0.4 is 14.9 Å². The third-order valence-corrected chi connectivity index (χ3v) is 4.56. The number of rotatable bonds is 7. The lowest BCUT2D eigenvalue weighted by molar-refractivity contribution is 0.0955. The second kappa shape index (κ2) is 9.50. The summed E-state index contributed by atoms with van der Waals surface area (Å²) in [4.78, 5) is 15.9. The Balaban J connectivity index is 1.69. The van der Waals surface area contributed by atoms with Crippen molar-refractivity contribution in [3.05, 3.63) is 88.7 Å². The Bertz CT molecular complexity index is 1020. The maximum absolute atomic E-state index is 12.0. The van der Waals surface area contributed by atoms with E-state index in [1.165, 1.54) is 5.56 Å². The van der Waals surface area contributed by atoms with Gasteiger partial charge < -0.3 is 9.47 Å². The molecule has 0 aliphatic heterocycles. The van der Waals surface area contributed by atoms with Gasteiger partial charge in [0, 0.05) is 23.5 Å². The zero-order chi connectivity index (χ0) is 20.6. The highest BCUT2D eigenvalue weighted by Gasteiger charge is 2.08. The number of aromatic nitrogens is 1. The van der Waals surface area contributed by atoms with E-state index in [2.05, 4.69) is 28.5 Å². The summed E-state index contributed by atoms with van der Waals surface area (Å²) < 4.78 is 11.4. The van der Waals surface area contributed by atoms with Crippen molar-refractivity contribution in [2.45, 2.75) is 20.5 Å². The average Bonchev–Trinajstić information content (AvgIpc) is 2.75. The van der Waals surface area contributed by atoms with Gasteiger partial charge in [-0.1, -0.05) is 12.1 Å². The summed E-state index contributed by atoms with van der Waals surface area (Å²) in [6.45, 7) is 4.45. The van der Waals surface area contributed by atoms with Crippen LogP contribution in [0, 0.1) is 13.8 Å². The van der Waals surface area contributed by atoms with Crippen molar-refractivity contribution in [3.8, 4) is 11.5 Å². The van der Waals surface area contributed by atoms with Gasteiger partial charge in [0.2, 0.25) is 0 Å². The molecule has 0 unspecified atom stereocenters. The van der Waals surface area contributed by atoms with Crippen LogP contribution in [0.3, 0.4) is 0 Å². The number of benzene rings is 2. The van der Waals surface area contributed by atoms with Crippen molar-refractivity contribution in [1.29, 1.82) is 0 Å². The first-order valence-corrected chi connectivity index (χ1v) is 9.18. The first-order valence-electron chi connectivity index (χ1n) is 9.18. The molecule has 3 rings (SSSR count). The minimum atomic E-state index is -0.296. The molecule has 1 amide bonds. The fraction of sp³-hybridized carbons (Fsp3) is 0.174. The summed E-state index contributed by atoms with van der Waals surface area (Å²) in [6.07, 6.45) is 4.70. The standard InChI is InChI=1S/C23H23N3O3/c1-16-5-4-6-21(17(16)2)29-15-20-13-18(7-8-22(20)28-3)14-25-26-23(27)19-9-11-24-12-10-19/h4-14H,15H2,1-3H3,(H,26,27)/b25-14+. The van der Waals surface area contributed by atoms with Gasteiger partial charge in [-0.25, -0.2) is 5.43 Å². The SMILES string of the molecule is COc1ccc(/C=N/NC(=O)c2ccncc2)cc1COc1cccc(C)c1C. The van der Waals surface area contributed by atoms with E-state index in [4.69, 9.17) is 9.47 Å². The molecule has 0 bridgehead atoms. The molecule has 6 nitrogen and oxygen atoms in total. The number of methoxy groups -OCH3 is 1. The molecule has 1 aromatic heterocycles.